The average Bonchev–Trinajstić information content (AvgIpc) is 2.53. The Hall–Kier alpha value is -2.95. The fourth-order valence-corrected chi connectivity index (χ4v) is 1.94. The third-order valence-corrected chi connectivity index (χ3v) is 3.00. The summed E-state index contributed by atoms with van der Waals surface area (Å²) in [6, 6.07) is 14.7. The number of rotatable bonds is 4. The lowest BCUT2D eigenvalue weighted by atomic mass is 10.2. The first kappa shape index (κ1) is 13.1. The van der Waals surface area contributed by atoms with E-state index in [0.717, 1.165) is 16.6 Å². The van der Waals surface area contributed by atoms with Gasteiger partial charge in [0.15, 0.2) is 0 Å². The van der Waals surface area contributed by atoms with Crippen LogP contribution in [0.5, 0.6) is 5.75 Å². The molecule has 21 heavy (non-hydrogen) atoms. The minimum atomic E-state index is -1.06. The molecule has 5 nitrogen and oxygen atoms in total. The zero-order valence-corrected chi connectivity index (χ0v) is 11.1. The second-order valence-corrected chi connectivity index (χ2v) is 4.47. The molecule has 0 saturated heterocycles. The maximum absolute atomic E-state index is 10.7. The number of fused-ring (bicyclic) bond motifs is 1. The number of hydrogen-bond donors (Lipinski definition) is 1. The summed E-state index contributed by atoms with van der Waals surface area (Å²) in [5.41, 5.74) is 1.71. The van der Waals surface area contributed by atoms with Crippen LogP contribution in [0.1, 0.15) is 16.2 Å². The van der Waals surface area contributed by atoms with Crippen LogP contribution >= 0.6 is 0 Å². The van der Waals surface area contributed by atoms with Crippen molar-refractivity contribution >= 4 is 16.9 Å². The topological polar surface area (TPSA) is 72.3 Å². The smallest absolute Gasteiger partial charge is 0.354 e. The van der Waals surface area contributed by atoms with E-state index in [-0.39, 0.29) is 5.69 Å². The molecule has 0 radical (unpaired) electrons. The van der Waals surface area contributed by atoms with E-state index in [1.54, 1.807) is 6.07 Å². The van der Waals surface area contributed by atoms with Crippen LogP contribution < -0.4 is 4.74 Å². The van der Waals surface area contributed by atoms with E-state index >= 15 is 0 Å². The van der Waals surface area contributed by atoms with Crippen molar-refractivity contribution in [2.45, 2.75) is 6.61 Å². The predicted molar refractivity (Wildman–Crippen MR) is 77.3 cm³/mol. The fourth-order valence-electron chi connectivity index (χ4n) is 1.94. The number of hydrogen-bond acceptors (Lipinski definition) is 4. The van der Waals surface area contributed by atoms with Gasteiger partial charge in [-0.15, -0.1) is 0 Å². The first-order valence-electron chi connectivity index (χ1n) is 6.39. The molecule has 2 heterocycles. The van der Waals surface area contributed by atoms with E-state index in [9.17, 15) is 4.79 Å². The number of aromatic carboxylic acids is 1. The maximum atomic E-state index is 10.7. The van der Waals surface area contributed by atoms with E-state index in [1.165, 1.54) is 12.3 Å². The number of carboxylic acids is 1. The van der Waals surface area contributed by atoms with Crippen molar-refractivity contribution in [3.8, 4) is 5.75 Å². The molecule has 0 aliphatic rings. The highest BCUT2D eigenvalue weighted by atomic mass is 16.5. The molecule has 1 aromatic carbocycles. The minimum absolute atomic E-state index is 0.00817. The average molecular weight is 280 g/mol. The normalized spacial score (nSPS) is 10.5. The van der Waals surface area contributed by atoms with E-state index in [4.69, 9.17) is 9.84 Å². The second-order valence-electron chi connectivity index (χ2n) is 4.47. The lowest BCUT2D eigenvalue weighted by Crippen LogP contribution is -2.02. The number of nitrogens with zero attached hydrogens (tertiary/aromatic N) is 2. The Balaban J connectivity index is 1.72. The van der Waals surface area contributed by atoms with Crippen LogP contribution in [0.4, 0.5) is 0 Å². The number of ether oxygens (including phenoxy) is 1. The first-order valence-corrected chi connectivity index (χ1v) is 6.39. The molecule has 0 spiro atoms. The summed E-state index contributed by atoms with van der Waals surface area (Å²) < 4.78 is 5.56. The van der Waals surface area contributed by atoms with Gasteiger partial charge in [0, 0.05) is 5.39 Å². The van der Waals surface area contributed by atoms with Gasteiger partial charge in [0.1, 0.15) is 18.1 Å². The van der Waals surface area contributed by atoms with Gasteiger partial charge in [-0.1, -0.05) is 24.3 Å². The van der Waals surface area contributed by atoms with Gasteiger partial charge in [0.05, 0.1) is 17.4 Å². The van der Waals surface area contributed by atoms with Gasteiger partial charge in [-0.3, -0.25) is 0 Å². The van der Waals surface area contributed by atoms with Gasteiger partial charge < -0.3 is 9.84 Å². The minimum Gasteiger partial charge on any atom is -0.486 e. The Morgan fingerprint density at radius 1 is 1.10 bits per heavy atom. The summed E-state index contributed by atoms with van der Waals surface area (Å²) in [5, 5.41) is 9.85. The molecule has 0 fully saturated rings. The third kappa shape index (κ3) is 2.97. The fraction of sp³-hybridized carbons (Fsp3) is 0.0625. The van der Waals surface area contributed by atoms with Crippen molar-refractivity contribution < 1.29 is 14.6 Å². The molecule has 0 amide bonds. The molecule has 3 rings (SSSR count). The van der Waals surface area contributed by atoms with E-state index < -0.39 is 5.97 Å². The van der Waals surface area contributed by atoms with E-state index in [2.05, 4.69) is 9.97 Å². The summed E-state index contributed by atoms with van der Waals surface area (Å²) in [4.78, 5) is 19.0. The second kappa shape index (κ2) is 5.58. The molecule has 0 saturated carbocycles. The van der Waals surface area contributed by atoms with Crippen LogP contribution in [0.3, 0.4) is 0 Å². The zero-order valence-electron chi connectivity index (χ0n) is 11.1. The molecule has 3 aromatic rings. The highest BCUT2D eigenvalue weighted by Crippen LogP contribution is 2.14. The standard InChI is InChI=1S/C16H12N2O3/c19-16(20)15-8-7-13(9-17-15)21-10-12-6-5-11-3-1-2-4-14(11)18-12/h1-9H,10H2,(H,19,20). The van der Waals surface area contributed by atoms with Crippen molar-refractivity contribution in [2.75, 3.05) is 0 Å². The lowest BCUT2D eigenvalue weighted by Gasteiger charge is -2.06. The van der Waals surface area contributed by atoms with Crippen molar-refractivity contribution in [3.05, 3.63) is 66.1 Å². The van der Waals surface area contributed by atoms with Gasteiger partial charge >= 0.3 is 5.97 Å². The van der Waals surface area contributed by atoms with Crippen LogP contribution in [0.25, 0.3) is 10.9 Å². The van der Waals surface area contributed by atoms with Gasteiger partial charge in [-0.25, -0.2) is 14.8 Å². The third-order valence-electron chi connectivity index (χ3n) is 3.00. The van der Waals surface area contributed by atoms with E-state index in [0.29, 0.717) is 12.4 Å². The van der Waals surface area contributed by atoms with Crippen molar-refractivity contribution in [1.29, 1.82) is 0 Å². The molecule has 0 aliphatic carbocycles. The summed E-state index contributed by atoms with van der Waals surface area (Å²) in [6.07, 6.45) is 1.39. The number of para-hydroxylation sites is 1. The molecule has 5 heteroatoms. The van der Waals surface area contributed by atoms with Crippen molar-refractivity contribution in [2.24, 2.45) is 0 Å². The lowest BCUT2D eigenvalue weighted by molar-refractivity contribution is 0.0690. The number of pyridine rings is 2. The quantitative estimate of drug-likeness (QED) is 0.795. The molecule has 2 aromatic heterocycles. The molecule has 0 atom stereocenters. The Bertz CT molecular complexity index is 785. The summed E-state index contributed by atoms with van der Waals surface area (Å²) in [7, 11) is 0. The SMILES string of the molecule is O=C(O)c1ccc(OCc2ccc3ccccc3n2)cn1. The summed E-state index contributed by atoms with van der Waals surface area (Å²) in [5.74, 6) is -0.548. The highest BCUT2D eigenvalue weighted by Gasteiger charge is 2.04. The Labute approximate surface area is 120 Å². The van der Waals surface area contributed by atoms with Crippen LogP contribution in [0, 0.1) is 0 Å². The van der Waals surface area contributed by atoms with Gasteiger partial charge in [0.25, 0.3) is 0 Å². The van der Waals surface area contributed by atoms with Crippen LogP contribution in [0.2, 0.25) is 0 Å². The number of benzene rings is 1. The monoisotopic (exact) mass is 280 g/mol. The Morgan fingerprint density at radius 3 is 2.71 bits per heavy atom. The largest absolute Gasteiger partial charge is 0.486 e. The Morgan fingerprint density at radius 2 is 1.95 bits per heavy atom. The highest BCUT2D eigenvalue weighted by molar-refractivity contribution is 5.85. The molecule has 0 unspecified atom stereocenters. The maximum Gasteiger partial charge on any atom is 0.354 e. The number of aromatic nitrogens is 2. The molecule has 0 aliphatic heterocycles. The van der Waals surface area contributed by atoms with Crippen molar-refractivity contribution in [1.82, 2.24) is 9.97 Å². The molecule has 1 N–H and O–H groups in total. The molecular formula is C16H12N2O3. The summed E-state index contributed by atoms with van der Waals surface area (Å²) in [6.45, 7) is 0.304. The van der Waals surface area contributed by atoms with Crippen molar-refractivity contribution in [3.63, 3.8) is 0 Å². The van der Waals surface area contributed by atoms with Gasteiger partial charge in [-0.2, -0.15) is 0 Å². The number of carbonyl (C=O) groups is 1. The summed E-state index contributed by atoms with van der Waals surface area (Å²) >= 11 is 0. The van der Waals surface area contributed by atoms with Crippen LogP contribution in [-0.2, 0) is 6.61 Å². The molecule has 104 valence electrons. The Kier molecular flexibility index (Phi) is 3.47. The molecular weight excluding hydrogens is 268 g/mol. The first-order chi connectivity index (χ1) is 10.2. The number of carboxylic acid groups (broad SMARTS) is 1. The van der Waals surface area contributed by atoms with Gasteiger partial charge in [0.2, 0.25) is 0 Å². The van der Waals surface area contributed by atoms with Gasteiger partial charge in [-0.05, 0) is 24.3 Å². The predicted octanol–water partition coefficient (Wildman–Crippen LogP) is 2.91. The van der Waals surface area contributed by atoms with E-state index in [1.807, 2.05) is 36.4 Å². The zero-order chi connectivity index (χ0) is 14.7. The van der Waals surface area contributed by atoms with Crippen LogP contribution in [-0.4, -0.2) is 21.0 Å². The molecule has 0 bridgehead atoms. The van der Waals surface area contributed by atoms with Crippen LogP contribution in [0.15, 0.2) is 54.7 Å².